The van der Waals surface area contributed by atoms with Gasteiger partial charge in [-0.2, -0.15) is 0 Å². The maximum absolute atomic E-state index is 12.6. The summed E-state index contributed by atoms with van der Waals surface area (Å²) in [7, 11) is 3.13. The summed E-state index contributed by atoms with van der Waals surface area (Å²) in [5, 5.41) is 3.84. The van der Waals surface area contributed by atoms with Crippen LogP contribution in [0.25, 0.3) is 10.9 Å². The molecule has 3 rings (SSSR count). The molecule has 1 aliphatic rings. The first-order chi connectivity index (χ1) is 9.74. The largest absolute Gasteiger partial charge is 0.493 e. The van der Waals surface area contributed by atoms with Gasteiger partial charge in [0.1, 0.15) is 5.82 Å². The maximum Gasteiger partial charge on any atom is 0.261 e. The summed E-state index contributed by atoms with van der Waals surface area (Å²) < 4.78 is 12.3. The fourth-order valence-corrected chi connectivity index (χ4v) is 2.53. The third-order valence-corrected chi connectivity index (χ3v) is 3.58. The Hall–Kier alpha value is -2.08. The van der Waals surface area contributed by atoms with Gasteiger partial charge in [-0.05, 0) is 6.07 Å². The number of benzene rings is 1. The lowest BCUT2D eigenvalue weighted by Crippen LogP contribution is -2.26. The highest BCUT2D eigenvalue weighted by Gasteiger charge is 2.16. The zero-order valence-electron chi connectivity index (χ0n) is 11.6. The number of nitrogens with zero attached hydrogens (tertiary/aromatic N) is 2. The number of methoxy groups -OCH3 is 2. The predicted octanol–water partition coefficient (Wildman–Crippen LogP) is 0.559. The van der Waals surface area contributed by atoms with Crippen LogP contribution in [0, 0.1) is 0 Å². The molecule has 106 valence electrons. The lowest BCUT2D eigenvalue weighted by Gasteiger charge is -2.12. The van der Waals surface area contributed by atoms with Crippen LogP contribution in [0.3, 0.4) is 0 Å². The van der Waals surface area contributed by atoms with E-state index in [1.54, 1.807) is 30.9 Å². The van der Waals surface area contributed by atoms with Crippen molar-refractivity contribution >= 4 is 10.9 Å². The van der Waals surface area contributed by atoms with Gasteiger partial charge in [0.15, 0.2) is 11.5 Å². The van der Waals surface area contributed by atoms with E-state index < -0.39 is 0 Å². The van der Waals surface area contributed by atoms with E-state index in [1.165, 1.54) is 0 Å². The van der Waals surface area contributed by atoms with Crippen molar-refractivity contribution in [3.05, 3.63) is 28.3 Å². The molecule has 0 atom stereocenters. The van der Waals surface area contributed by atoms with Crippen molar-refractivity contribution in [2.45, 2.75) is 13.0 Å². The summed E-state index contributed by atoms with van der Waals surface area (Å²) in [6.07, 6.45) is 0.750. The van der Waals surface area contributed by atoms with Crippen LogP contribution in [0.1, 0.15) is 5.82 Å². The van der Waals surface area contributed by atoms with E-state index in [9.17, 15) is 4.79 Å². The van der Waals surface area contributed by atoms with Crippen molar-refractivity contribution < 1.29 is 9.47 Å². The third kappa shape index (κ3) is 2.02. The second-order valence-corrected chi connectivity index (χ2v) is 4.71. The van der Waals surface area contributed by atoms with Gasteiger partial charge in [0.05, 0.1) is 25.1 Å². The average molecular weight is 275 g/mol. The molecular weight excluding hydrogens is 258 g/mol. The molecule has 1 N–H and O–H groups in total. The van der Waals surface area contributed by atoms with Crippen LogP contribution in [0.2, 0.25) is 0 Å². The molecule has 20 heavy (non-hydrogen) atoms. The fraction of sp³-hybridized carbons (Fsp3) is 0.429. The van der Waals surface area contributed by atoms with Gasteiger partial charge in [-0.25, -0.2) is 4.98 Å². The van der Waals surface area contributed by atoms with Gasteiger partial charge >= 0.3 is 0 Å². The summed E-state index contributed by atoms with van der Waals surface area (Å²) in [6, 6.07) is 3.46. The predicted molar refractivity (Wildman–Crippen MR) is 75.7 cm³/mol. The molecule has 6 heteroatoms. The topological polar surface area (TPSA) is 65.4 Å². The highest BCUT2D eigenvalue weighted by molar-refractivity contribution is 5.82. The van der Waals surface area contributed by atoms with Crippen LogP contribution in [0.5, 0.6) is 11.5 Å². The van der Waals surface area contributed by atoms with Crippen molar-refractivity contribution in [1.82, 2.24) is 14.9 Å². The fourth-order valence-electron chi connectivity index (χ4n) is 2.53. The molecule has 1 aromatic carbocycles. The third-order valence-electron chi connectivity index (χ3n) is 3.58. The molecular formula is C14H17N3O3. The molecule has 1 aromatic heterocycles. The molecule has 2 aromatic rings. The number of hydrogen-bond donors (Lipinski definition) is 1. The van der Waals surface area contributed by atoms with Crippen LogP contribution < -0.4 is 20.3 Å². The zero-order valence-corrected chi connectivity index (χ0v) is 11.6. The Morgan fingerprint density at radius 3 is 2.70 bits per heavy atom. The molecule has 0 saturated heterocycles. The van der Waals surface area contributed by atoms with E-state index in [4.69, 9.17) is 9.47 Å². The minimum Gasteiger partial charge on any atom is -0.493 e. The highest BCUT2D eigenvalue weighted by Crippen LogP contribution is 2.30. The van der Waals surface area contributed by atoms with Crippen molar-refractivity contribution in [2.75, 3.05) is 27.3 Å². The Kier molecular flexibility index (Phi) is 3.31. The maximum atomic E-state index is 12.6. The summed E-state index contributed by atoms with van der Waals surface area (Å²) in [5.74, 6) is 1.95. The van der Waals surface area contributed by atoms with Crippen molar-refractivity contribution in [3.8, 4) is 11.5 Å². The van der Waals surface area contributed by atoms with Gasteiger partial charge in [-0.1, -0.05) is 0 Å². The van der Waals surface area contributed by atoms with Gasteiger partial charge in [-0.15, -0.1) is 0 Å². The minimum absolute atomic E-state index is 0.0188. The Bertz CT molecular complexity index is 709. The monoisotopic (exact) mass is 275 g/mol. The molecule has 0 fully saturated rings. The molecule has 0 bridgehead atoms. The number of nitrogens with one attached hydrogen (secondary N) is 1. The first-order valence-corrected chi connectivity index (χ1v) is 6.60. The number of aromatic nitrogens is 2. The van der Waals surface area contributed by atoms with E-state index in [0.29, 0.717) is 28.9 Å². The SMILES string of the molecule is COc1cc2nc3n(c(=O)c2cc1OC)CCNCC3. The van der Waals surface area contributed by atoms with Gasteiger partial charge in [0, 0.05) is 32.1 Å². The van der Waals surface area contributed by atoms with Crippen LogP contribution in [-0.4, -0.2) is 36.9 Å². The van der Waals surface area contributed by atoms with E-state index >= 15 is 0 Å². The van der Waals surface area contributed by atoms with Gasteiger partial charge in [0.25, 0.3) is 5.56 Å². The molecule has 0 unspecified atom stereocenters. The van der Waals surface area contributed by atoms with Crippen LogP contribution in [0.4, 0.5) is 0 Å². The molecule has 0 amide bonds. The molecule has 2 heterocycles. The lowest BCUT2D eigenvalue weighted by molar-refractivity contribution is 0.355. The summed E-state index contributed by atoms with van der Waals surface area (Å²) in [5.41, 5.74) is 0.635. The van der Waals surface area contributed by atoms with Crippen LogP contribution in [-0.2, 0) is 13.0 Å². The molecule has 0 aliphatic carbocycles. The van der Waals surface area contributed by atoms with Gasteiger partial charge in [0.2, 0.25) is 0 Å². The van der Waals surface area contributed by atoms with Crippen molar-refractivity contribution in [1.29, 1.82) is 0 Å². The second kappa shape index (κ2) is 5.13. The second-order valence-electron chi connectivity index (χ2n) is 4.71. The zero-order chi connectivity index (χ0) is 14.1. The Balaban J connectivity index is 2.29. The average Bonchev–Trinajstić information content (AvgIpc) is 2.71. The van der Waals surface area contributed by atoms with E-state index in [0.717, 1.165) is 25.3 Å². The van der Waals surface area contributed by atoms with E-state index in [2.05, 4.69) is 10.3 Å². The van der Waals surface area contributed by atoms with E-state index in [1.807, 2.05) is 0 Å². The first-order valence-electron chi connectivity index (χ1n) is 6.60. The summed E-state index contributed by atoms with van der Waals surface area (Å²) in [6.45, 7) is 2.27. The number of hydrogen-bond acceptors (Lipinski definition) is 5. The Morgan fingerprint density at radius 1 is 1.20 bits per heavy atom. The number of fused-ring (bicyclic) bond motifs is 2. The van der Waals surface area contributed by atoms with Gasteiger partial charge in [-0.3, -0.25) is 9.36 Å². The lowest BCUT2D eigenvalue weighted by atomic mass is 10.2. The normalized spacial score (nSPS) is 14.7. The number of ether oxygens (including phenoxy) is 2. The first kappa shape index (κ1) is 12.9. The summed E-state index contributed by atoms with van der Waals surface area (Å²) in [4.78, 5) is 17.2. The molecule has 6 nitrogen and oxygen atoms in total. The summed E-state index contributed by atoms with van der Waals surface area (Å²) >= 11 is 0. The van der Waals surface area contributed by atoms with Crippen molar-refractivity contribution in [2.24, 2.45) is 0 Å². The minimum atomic E-state index is -0.0188. The van der Waals surface area contributed by atoms with Crippen LogP contribution in [0.15, 0.2) is 16.9 Å². The quantitative estimate of drug-likeness (QED) is 0.867. The van der Waals surface area contributed by atoms with Crippen molar-refractivity contribution in [3.63, 3.8) is 0 Å². The molecule has 0 saturated carbocycles. The Morgan fingerprint density at radius 2 is 1.95 bits per heavy atom. The highest BCUT2D eigenvalue weighted by atomic mass is 16.5. The molecule has 0 radical (unpaired) electrons. The molecule has 0 spiro atoms. The Labute approximate surface area is 116 Å². The van der Waals surface area contributed by atoms with E-state index in [-0.39, 0.29) is 5.56 Å². The smallest absolute Gasteiger partial charge is 0.261 e. The molecule has 1 aliphatic heterocycles. The standard InChI is InChI=1S/C14H17N3O3/c1-19-11-7-9-10(8-12(11)20-2)16-13-3-4-15-5-6-17(13)14(9)18/h7-8,15H,3-6H2,1-2H3. The number of rotatable bonds is 2. The van der Waals surface area contributed by atoms with Crippen LogP contribution >= 0.6 is 0 Å². The van der Waals surface area contributed by atoms with Gasteiger partial charge < -0.3 is 14.8 Å².